The summed E-state index contributed by atoms with van der Waals surface area (Å²) in [6.07, 6.45) is -8.51. The van der Waals surface area contributed by atoms with Gasteiger partial charge < -0.3 is 43.6 Å². The van der Waals surface area contributed by atoms with Crippen LogP contribution < -0.4 is 0 Å². The first-order chi connectivity index (χ1) is 12.7. The molecule has 0 saturated carbocycles. The zero-order chi connectivity index (χ0) is 21.8. The van der Waals surface area contributed by atoms with Gasteiger partial charge in [0.2, 0.25) is 0 Å². The van der Waals surface area contributed by atoms with Gasteiger partial charge in [-0.25, -0.2) is 13.7 Å². The van der Waals surface area contributed by atoms with E-state index in [0.29, 0.717) is 12.8 Å². The second-order valence-electron chi connectivity index (χ2n) is 5.51. The molecule has 6 N–H and O–H groups in total. The zero-order valence-electron chi connectivity index (χ0n) is 14.7. The molecule has 168 valence electrons. The fraction of sp³-hybridized carbons (Fsp3) is 1.00. The lowest BCUT2D eigenvalue weighted by molar-refractivity contribution is -0.337. The Morgan fingerprint density at radius 1 is 0.786 bits per heavy atom. The van der Waals surface area contributed by atoms with Gasteiger partial charge in [-0.05, 0) is 6.42 Å². The average Bonchev–Trinajstić information content (AvgIpc) is 2.49. The third-order valence-corrected chi connectivity index (χ3v) is 4.80. The molecule has 5 atom stereocenters. The van der Waals surface area contributed by atoms with Gasteiger partial charge in [0.15, 0.2) is 12.6 Å². The van der Waals surface area contributed by atoms with Gasteiger partial charge in [-0.3, -0.25) is 13.6 Å². The van der Waals surface area contributed by atoms with Gasteiger partial charge in [0.05, 0.1) is 0 Å². The highest BCUT2D eigenvalue weighted by atomic mass is 31.2. The van der Waals surface area contributed by atoms with E-state index in [2.05, 4.69) is 13.6 Å². The molecule has 1 rings (SSSR count). The maximum absolute atomic E-state index is 11.3. The monoisotopic (exact) mass is 476 g/mol. The smallest absolute Gasteiger partial charge is 0.353 e. The topological polar surface area (TPSA) is 228 Å². The Hall–Kier alpha value is 0.210. The highest BCUT2D eigenvalue weighted by Crippen LogP contribution is 2.50. The number of unbranched alkanes of at least 4 members (excludes halogenated alkanes) is 1. The predicted molar refractivity (Wildman–Crippen MR) is 87.3 cm³/mol. The number of rotatable bonds is 11. The molecule has 0 spiro atoms. The minimum Gasteiger partial charge on any atom is -0.353 e. The van der Waals surface area contributed by atoms with Crippen LogP contribution in [0.5, 0.6) is 0 Å². The molecule has 0 radical (unpaired) electrons. The molecule has 1 saturated heterocycles. The van der Waals surface area contributed by atoms with Crippen molar-refractivity contribution >= 4 is 23.5 Å². The lowest BCUT2D eigenvalue weighted by Gasteiger charge is -2.44. The van der Waals surface area contributed by atoms with Gasteiger partial charge in [0, 0.05) is 13.7 Å². The molecule has 1 unspecified atom stereocenters. The van der Waals surface area contributed by atoms with Gasteiger partial charge in [-0.15, -0.1) is 0 Å². The van der Waals surface area contributed by atoms with Crippen molar-refractivity contribution in [2.75, 3.05) is 13.7 Å². The van der Waals surface area contributed by atoms with E-state index in [1.54, 1.807) is 0 Å². The summed E-state index contributed by atoms with van der Waals surface area (Å²) in [7, 11) is -14.9. The van der Waals surface area contributed by atoms with Gasteiger partial charge in [-0.2, -0.15) is 0 Å². The minimum atomic E-state index is -5.37. The Bertz CT molecular complexity index is 624. The van der Waals surface area contributed by atoms with Crippen LogP contribution in [0.25, 0.3) is 0 Å². The summed E-state index contributed by atoms with van der Waals surface area (Å²) < 4.78 is 62.6. The Morgan fingerprint density at radius 3 is 1.61 bits per heavy atom. The van der Waals surface area contributed by atoms with Crippen molar-refractivity contribution in [3.8, 4) is 0 Å². The maximum Gasteiger partial charge on any atom is 0.470 e. The van der Waals surface area contributed by atoms with Crippen LogP contribution in [-0.2, 0) is 41.5 Å². The van der Waals surface area contributed by atoms with E-state index in [-0.39, 0.29) is 6.61 Å². The first kappa shape index (κ1) is 26.2. The maximum atomic E-state index is 11.3. The van der Waals surface area contributed by atoms with Crippen LogP contribution in [0.4, 0.5) is 0 Å². The molecule has 18 heteroatoms. The van der Waals surface area contributed by atoms with Gasteiger partial charge in [0.1, 0.15) is 18.3 Å². The van der Waals surface area contributed by atoms with Crippen molar-refractivity contribution in [3.05, 3.63) is 0 Å². The van der Waals surface area contributed by atoms with Gasteiger partial charge >= 0.3 is 23.5 Å². The predicted octanol–water partition coefficient (Wildman–Crippen LogP) is -0.434. The lowest BCUT2D eigenvalue weighted by atomic mass is 10.0. The molecule has 1 fully saturated rings. The van der Waals surface area contributed by atoms with E-state index in [0.717, 1.165) is 7.11 Å². The van der Waals surface area contributed by atoms with Crippen LogP contribution in [0.1, 0.15) is 19.8 Å². The first-order valence-corrected chi connectivity index (χ1v) is 12.3. The second-order valence-corrected chi connectivity index (χ2v) is 9.09. The molecule has 28 heavy (non-hydrogen) atoms. The van der Waals surface area contributed by atoms with E-state index < -0.39 is 54.4 Å². The van der Waals surface area contributed by atoms with Crippen LogP contribution >= 0.6 is 23.5 Å². The molecule has 0 aliphatic carbocycles. The Balaban J connectivity index is 3.33. The molecular formula is C10H23O15P3. The molecule has 0 aromatic heterocycles. The lowest BCUT2D eigenvalue weighted by Crippen LogP contribution is -2.60. The molecular weight excluding hydrogens is 453 g/mol. The number of ether oxygens (including phenoxy) is 3. The fourth-order valence-corrected chi connectivity index (χ4v) is 3.90. The highest BCUT2D eigenvalue weighted by Gasteiger charge is 2.55. The van der Waals surface area contributed by atoms with Crippen LogP contribution in [-0.4, -0.2) is 74.0 Å². The van der Waals surface area contributed by atoms with Crippen LogP contribution in [0.15, 0.2) is 0 Å². The van der Waals surface area contributed by atoms with Crippen LogP contribution in [0.3, 0.4) is 0 Å². The zero-order valence-corrected chi connectivity index (χ0v) is 17.4. The molecule has 0 amide bonds. The van der Waals surface area contributed by atoms with E-state index in [1.165, 1.54) is 0 Å². The Labute approximate surface area is 159 Å². The second kappa shape index (κ2) is 10.5. The summed E-state index contributed by atoms with van der Waals surface area (Å²) >= 11 is 0. The molecule has 1 heterocycles. The van der Waals surface area contributed by atoms with Crippen molar-refractivity contribution in [1.82, 2.24) is 0 Å². The summed E-state index contributed by atoms with van der Waals surface area (Å²) in [5.74, 6) is 0. The fourth-order valence-electron chi connectivity index (χ4n) is 2.27. The van der Waals surface area contributed by atoms with Crippen LogP contribution in [0.2, 0.25) is 0 Å². The average molecular weight is 476 g/mol. The van der Waals surface area contributed by atoms with Crippen molar-refractivity contribution in [1.29, 1.82) is 0 Å². The van der Waals surface area contributed by atoms with E-state index in [9.17, 15) is 13.7 Å². The van der Waals surface area contributed by atoms with Gasteiger partial charge in [-0.1, -0.05) is 13.3 Å². The number of methoxy groups -OCH3 is 1. The molecule has 15 nitrogen and oxygen atoms in total. The van der Waals surface area contributed by atoms with Gasteiger partial charge in [0.25, 0.3) is 0 Å². The summed E-state index contributed by atoms with van der Waals surface area (Å²) in [4.78, 5) is 54.6. The summed E-state index contributed by atoms with van der Waals surface area (Å²) in [5.41, 5.74) is 0. The number of hydrogen-bond acceptors (Lipinski definition) is 9. The standard InChI is InChI=1S/C10H23O15P3/c1-3-4-5-21-10-8(25-28(17,18)19)6(23-26(11,12)13)7(9(20-2)22-10)24-27(14,15)16/h6-10H,3-5H2,1-2H3,(H2,11,12,13)(H2,14,15,16)(H2,17,18,19)/t6-,7-,8-,9?,10-/m0/s1. The van der Waals surface area contributed by atoms with Crippen molar-refractivity contribution in [2.24, 2.45) is 0 Å². The highest BCUT2D eigenvalue weighted by molar-refractivity contribution is 7.47. The number of hydrogen-bond donors (Lipinski definition) is 6. The molecule has 0 bridgehead atoms. The molecule has 0 aromatic rings. The largest absolute Gasteiger partial charge is 0.470 e. The normalized spacial score (nSPS) is 29.8. The Morgan fingerprint density at radius 2 is 1.21 bits per heavy atom. The van der Waals surface area contributed by atoms with Crippen LogP contribution in [0, 0.1) is 0 Å². The molecule has 1 aliphatic heterocycles. The van der Waals surface area contributed by atoms with E-state index >= 15 is 0 Å². The van der Waals surface area contributed by atoms with Crippen molar-refractivity contribution < 1.29 is 70.8 Å². The quantitative estimate of drug-likeness (QED) is 0.164. The Kier molecular flexibility index (Phi) is 9.83. The van der Waals surface area contributed by atoms with E-state index in [1.807, 2.05) is 6.92 Å². The van der Waals surface area contributed by atoms with Crippen molar-refractivity contribution in [3.63, 3.8) is 0 Å². The summed E-state index contributed by atoms with van der Waals surface area (Å²) in [6.45, 7) is 1.81. The summed E-state index contributed by atoms with van der Waals surface area (Å²) in [6, 6.07) is 0. The molecule has 0 aromatic carbocycles. The summed E-state index contributed by atoms with van der Waals surface area (Å²) in [5, 5.41) is 0. The third kappa shape index (κ3) is 9.35. The minimum absolute atomic E-state index is 0.00866. The number of phosphoric acid groups is 3. The first-order valence-electron chi connectivity index (χ1n) is 7.68. The third-order valence-electron chi connectivity index (χ3n) is 3.24. The number of phosphoric ester groups is 3. The van der Waals surface area contributed by atoms with Crippen molar-refractivity contribution in [2.45, 2.75) is 50.7 Å². The molecule has 1 aliphatic rings. The SMILES string of the molecule is CCCCO[C@H]1OC(OC)[C@@H](OP(=O)(O)O)[C@H](OP(=O)(O)O)[C@@H]1OP(=O)(O)O. The van der Waals surface area contributed by atoms with E-state index in [4.69, 9.17) is 43.6 Å².